The van der Waals surface area contributed by atoms with E-state index in [2.05, 4.69) is 36.0 Å². The summed E-state index contributed by atoms with van der Waals surface area (Å²) in [6, 6.07) is 6.10. The maximum absolute atomic E-state index is 4.29. The molecule has 0 saturated carbocycles. The Labute approximate surface area is 113 Å². The molecule has 2 rings (SSSR count). The van der Waals surface area contributed by atoms with Crippen LogP contribution in [0.15, 0.2) is 35.6 Å². The second kappa shape index (κ2) is 6.08. The van der Waals surface area contributed by atoms with Gasteiger partial charge in [0.25, 0.3) is 0 Å². The third-order valence-corrected chi connectivity index (χ3v) is 3.02. The van der Waals surface area contributed by atoms with Gasteiger partial charge in [-0.05, 0) is 18.2 Å². The molecular weight excluding hydrogens is 240 g/mol. The van der Waals surface area contributed by atoms with Gasteiger partial charge in [-0.15, -0.1) is 0 Å². The number of nitrogens with zero attached hydrogens (tertiary/aromatic N) is 4. The van der Waals surface area contributed by atoms with Crippen molar-refractivity contribution in [3.63, 3.8) is 0 Å². The summed E-state index contributed by atoms with van der Waals surface area (Å²) >= 11 is 0. The predicted molar refractivity (Wildman–Crippen MR) is 75.7 cm³/mol. The van der Waals surface area contributed by atoms with Crippen LogP contribution in [0.25, 0.3) is 0 Å². The minimum Gasteiger partial charge on any atom is -0.353 e. The second-order valence-corrected chi connectivity index (χ2v) is 4.45. The largest absolute Gasteiger partial charge is 0.353 e. The zero-order chi connectivity index (χ0) is 13.7. The number of hydrogen-bond donors (Lipinski definition) is 2. The van der Waals surface area contributed by atoms with Crippen molar-refractivity contribution in [2.45, 2.75) is 13.1 Å². The van der Waals surface area contributed by atoms with Gasteiger partial charge in [-0.2, -0.15) is 5.10 Å². The van der Waals surface area contributed by atoms with Crippen LogP contribution in [-0.2, 0) is 20.1 Å². The SMILES string of the molecule is CN=C(NCc1ccn[nH]1)N(C)Cc1cccn1C. The number of hydrogen-bond acceptors (Lipinski definition) is 2. The summed E-state index contributed by atoms with van der Waals surface area (Å²) in [6.07, 6.45) is 3.79. The van der Waals surface area contributed by atoms with E-state index in [-0.39, 0.29) is 0 Å². The summed E-state index contributed by atoms with van der Waals surface area (Å²) in [4.78, 5) is 6.37. The Bertz CT molecular complexity index is 525. The molecule has 2 heterocycles. The average molecular weight is 260 g/mol. The van der Waals surface area contributed by atoms with Gasteiger partial charge in [-0.1, -0.05) is 0 Å². The summed E-state index contributed by atoms with van der Waals surface area (Å²) in [5.74, 6) is 0.857. The van der Waals surface area contributed by atoms with Gasteiger partial charge in [0.05, 0.1) is 18.8 Å². The fourth-order valence-electron chi connectivity index (χ4n) is 1.92. The minimum atomic E-state index is 0.685. The molecule has 2 aromatic heterocycles. The Balaban J connectivity index is 1.92. The molecule has 2 aromatic rings. The van der Waals surface area contributed by atoms with Crippen LogP contribution in [0, 0.1) is 0 Å². The Hall–Kier alpha value is -2.24. The summed E-state index contributed by atoms with van der Waals surface area (Å²) in [5, 5.41) is 10.1. The second-order valence-electron chi connectivity index (χ2n) is 4.45. The monoisotopic (exact) mass is 260 g/mol. The van der Waals surface area contributed by atoms with Crippen molar-refractivity contribution >= 4 is 5.96 Å². The van der Waals surface area contributed by atoms with Gasteiger partial charge in [-0.3, -0.25) is 10.1 Å². The molecule has 0 aliphatic rings. The standard InChI is InChI=1S/C13H20N6/c1-14-13(15-9-11-6-7-16-17-11)19(3)10-12-5-4-8-18(12)2/h4-8H,9-10H2,1-3H3,(H,14,15)(H,16,17). The molecule has 0 aliphatic heterocycles. The smallest absolute Gasteiger partial charge is 0.194 e. The van der Waals surface area contributed by atoms with E-state index in [0.717, 1.165) is 18.2 Å². The van der Waals surface area contributed by atoms with Crippen LogP contribution in [0.4, 0.5) is 0 Å². The summed E-state index contributed by atoms with van der Waals surface area (Å²) in [7, 11) is 5.86. The number of aliphatic imine (C=N–C) groups is 1. The van der Waals surface area contributed by atoms with E-state index in [0.29, 0.717) is 6.54 Å². The van der Waals surface area contributed by atoms with Gasteiger partial charge >= 0.3 is 0 Å². The first-order valence-corrected chi connectivity index (χ1v) is 6.21. The molecule has 0 radical (unpaired) electrons. The van der Waals surface area contributed by atoms with Gasteiger partial charge in [0, 0.05) is 39.2 Å². The lowest BCUT2D eigenvalue weighted by Crippen LogP contribution is -2.38. The fraction of sp³-hybridized carbons (Fsp3) is 0.385. The van der Waals surface area contributed by atoms with E-state index in [1.165, 1.54) is 5.69 Å². The number of aryl methyl sites for hydroxylation is 1. The van der Waals surface area contributed by atoms with E-state index < -0.39 is 0 Å². The van der Waals surface area contributed by atoms with Gasteiger partial charge in [0.15, 0.2) is 5.96 Å². The summed E-state index contributed by atoms with van der Waals surface area (Å²) < 4.78 is 2.11. The number of H-pyrrole nitrogens is 1. The van der Waals surface area contributed by atoms with Gasteiger partial charge in [0.1, 0.15) is 0 Å². The molecule has 0 spiro atoms. The van der Waals surface area contributed by atoms with Crippen LogP contribution in [-0.4, -0.2) is 39.7 Å². The van der Waals surface area contributed by atoms with E-state index in [1.807, 2.05) is 32.4 Å². The molecule has 0 atom stereocenters. The number of guanidine groups is 1. The highest BCUT2D eigenvalue weighted by atomic mass is 15.3. The van der Waals surface area contributed by atoms with Crippen molar-refractivity contribution in [1.29, 1.82) is 0 Å². The number of aromatic nitrogens is 3. The van der Waals surface area contributed by atoms with Gasteiger partial charge in [-0.25, -0.2) is 0 Å². The lowest BCUT2D eigenvalue weighted by atomic mass is 10.4. The lowest BCUT2D eigenvalue weighted by Gasteiger charge is -2.22. The van der Waals surface area contributed by atoms with Gasteiger partial charge in [0.2, 0.25) is 0 Å². The van der Waals surface area contributed by atoms with Crippen LogP contribution in [0.3, 0.4) is 0 Å². The molecule has 0 saturated heterocycles. The zero-order valence-corrected chi connectivity index (χ0v) is 11.6. The number of aromatic amines is 1. The van der Waals surface area contributed by atoms with E-state index in [4.69, 9.17) is 0 Å². The third-order valence-electron chi connectivity index (χ3n) is 3.02. The molecule has 19 heavy (non-hydrogen) atoms. The average Bonchev–Trinajstić information content (AvgIpc) is 3.03. The molecule has 6 heteroatoms. The van der Waals surface area contributed by atoms with Crippen LogP contribution in [0.2, 0.25) is 0 Å². The Morgan fingerprint density at radius 1 is 1.53 bits per heavy atom. The van der Waals surface area contributed by atoms with Crippen molar-refractivity contribution in [3.05, 3.63) is 42.0 Å². The van der Waals surface area contributed by atoms with Crippen molar-refractivity contribution in [2.75, 3.05) is 14.1 Å². The van der Waals surface area contributed by atoms with Crippen molar-refractivity contribution in [2.24, 2.45) is 12.0 Å². The first-order chi connectivity index (χ1) is 9.20. The lowest BCUT2D eigenvalue weighted by molar-refractivity contribution is 0.461. The van der Waals surface area contributed by atoms with Crippen LogP contribution < -0.4 is 5.32 Å². The van der Waals surface area contributed by atoms with Crippen molar-refractivity contribution in [1.82, 2.24) is 25.0 Å². The highest BCUT2D eigenvalue weighted by Gasteiger charge is 2.08. The predicted octanol–water partition coefficient (Wildman–Crippen LogP) is 0.956. The molecule has 0 unspecified atom stereocenters. The molecular formula is C13H20N6. The van der Waals surface area contributed by atoms with Crippen LogP contribution in [0.1, 0.15) is 11.4 Å². The molecule has 6 nitrogen and oxygen atoms in total. The van der Waals surface area contributed by atoms with Gasteiger partial charge < -0.3 is 14.8 Å². The quantitative estimate of drug-likeness (QED) is 0.636. The maximum atomic E-state index is 4.29. The van der Waals surface area contributed by atoms with E-state index in [9.17, 15) is 0 Å². The molecule has 0 amide bonds. The third kappa shape index (κ3) is 3.37. The number of nitrogens with one attached hydrogen (secondary N) is 2. The molecule has 102 valence electrons. The molecule has 2 N–H and O–H groups in total. The first-order valence-electron chi connectivity index (χ1n) is 6.21. The Kier molecular flexibility index (Phi) is 4.22. The van der Waals surface area contributed by atoms with Crippen LogP contribution in [0.5, 0.6) is 0 Å². The normalized spacial score (nSPS) is 11.6. The summed E-state index contributed by atoms with van der Waals surface area (Å²) in [5.41, 5.74) is 2.28. The van der Waals surface area contributed by atoms with Crippen molar-refractivity contribution < 1.29 is 0 Å². The topological polar surface area (TPSA) is 61.2 Å². The van der Waals surface area contributed by atoms with Crippen molar-refractivity contribution in [3.8, 4) is 0 Å². The first kappa shape index (κ1) is 13.2. The molecule has 0 fully saturated rings. The van der Waals surface area contributed by atoms with Crippen LogP contribution >= 0.6 is 0 Å². The van der Waals surface area contributed by atoms with E-state index in [1.54, 1.807) is 13.2 Å². The molecule has 0 aliphatic carbocycles. The Morgan fingerprint density at radius 2 is 2.37 bits per heavy atom. The fourth-order valence-corrected chi connectivity index (χ4v) is 1.92. The zero-order valence-electron chi connectivity index (χ0n) is 11.6. The highest BCUT2D eigenvalue weighted by molar-refractivity contribution is 5.79. The summed E-state index contributed by atoms with van der Waals surface area (Å²) in [6.45, 7) is 1.50. The molecule has 0 bridgehead atoms. The minimum absolute atomic E-state index is 0.685. The highest BCUT2D eigenvalue weighted by Crippen LogP contribution is 2.03. The Morgan fingerprint density at radius 3 is 2.95 bits per heavy atom. The number of rotatable bonds is 4. The maximum Gasteiger partial charge on any atom is 0.194 e. The van der Waals surface area contributed by atoms with E-state index >= 15 is 0 Å². The molecule has 0 aromatic carbocycles.